The maximum Gasteiger partial charge on any atom is 0.279 e. The quantitative estimate of drug-likeness (QED) is 0.617. The van der Waals surface area contributed by atoms with Gasteiger partial charge in [-0.25, -0.2) is 0 Å². The molecule has 0 aliphatic carbocycles. The smallest absolute Gasteiger partial charge is 0.279 e. The van der Waals surface area contributed by atoms with Gasteiger partial charge in [0, 0.05) is 32.3 Å². The highest BCUT2D eigenvalue weighted by Gasteiger charge is 2.30. The van der Waals surface area contributed by atoms with Gasteiger partial charge in [0.15, 0.2) is 0 Å². The van der Waals surface area contributed by atoms with Gasteiger partial charge in [-0.2, -0.15) is 0 Å². The van der Waals surface area contributed by atoms with Crippen LogP contribution in [0.25, 0.3) is 0 Å². The number of benzene rings is 1. The van der Waals surface area contributed by atoms with Crippen molar-refractivity contribution < 1.29 is 19.4 Å². The molecule has 9 heteroatoms. The first kappa shape index (κ1) is 15.8. The van der Waals surface area contributed by atoms with E-state index in [2.05, 4.69) is 0 Å². The maximum atomic E-state index is 12.4. The summed E-state index contributed by atoms with van der Waals surface area (Å²) < 4.78 is 5.16. The molecule has 1 unspecified atom stereocenters. The first-order valence-electron chi connectivity index (χ1n) is 6.60. The van der Waals surface area contributed by atoms with Crippen molar-refractivity contribution in [1.29, 1.82) is 0 Å². The topological polar surface area (TPSA) is 116 Å². The number of nitro groups is 2. The Kier molecular flexibility index (Phi) is 4.36. The number of carbonyl (C=O) groups excluding carboxylic acids is 1. The molecule has 1 amide bonds. The zero-order chi connectivity index (χ0) is 16.4. The van der Waals surface area contributed by atoms with Gasteiger partial charge in [0.2, 0.25) is 0 Å². The van der Waals surface area contributed by atoms with Crippen LogP contribution in [0.2, 0.25) is 0 Å². The summed E-state index contributed by atoms with van der Waals surface area (Å²) in [4.78, 5) is 34.5. The Balaban J connectivity index is 2.40. The number of nitrogens with zero attached hydrogens (tertiary/aromatic N) is 3. The van der Waals surface area contributed by atoms with E-state index in [1.165, 1.54) is 11.8 Å². The van der Waals surface area contributed by atoms with Crippen LogP contribution in [0.1, 0.15) is 22.3 Å². The van der Waals surface area contributed by atoms with Crippen LogP contribution in [0, 0.1) is 27.2 Å². The molecule has 1 fully saturated rings. The lowest BCUT2D eigenvalue weighted by molar-refractivity contribution is -0.395. The third-order valence-corrected chi connectivity index (χ3v) is 3.76. The lowest BCUT2D eigenvalue weighted by Gasteiger charge is -2.16. The zero-order valence-electron chi connectivity index (χ0n) is 12.1. The molecular weight excluding hydrogens is 294 g/mol. The molecule has 0 aromatic heterocycles. The van der Waals surface area contributed by atoms with Crippen molar-refractivity contribution in [3.63, 3.8) is 0 Å². The van der Waals surface area contributed by atoms with E-state index in [0.29, 0.717) is 19.5 Å². The predicted octanol–water partition coefficient (Wildman–Crippen LogP) is 1.67. The summed E-state index contributed by atoms with van der Waals surface area (Å²) >= 11 is 0. The third-order valence-electron chi connectivity index (χ3n) is 3.76. The van der Waals surface area contributed by atoms with Gasteiger partial charge in [-0.3, -0.25) is 25.0 Å². The summed E-state index contributed by atoms with van der Waals surface area (Å²) in [6.45, 7) is 2.11. The summed E-state index contributed by atoms with van der Waals surface area (Å²) in [6, 6.07) is 2.18. The van der Waals surface area contributed by atoms with Gasteiger partial charge in [-0.15, -0.1) is 0 Å². The van der Waals surface area contributed by atoms with Crippen LogP contribution in [-0.4, -0.2) is 47.0 Å². The van der Waals surface area contributed by atoms with E-state index in [9.17, 15) is 25.0 Å². The van der Waals surface area contributed by atoms with Crippen molar-refractivity contribution in [2.75, 3.05) is 20.2 Å². The molecule has 1 aromatic carbocycles. The van der Waals surface area contributed by atoms with Crippen LogP contribution < -0.4 is 0 Å². The molecule has 0 radical (unpaired) electrons. The second kappa shape index (κ2) is 6.06. The third kappa shape index (κ3) is 2.89. The summed E-state index contributed by atoms with van der Waals surface area (Å²) in [6.07, 6.45) is 0.581. The van der Waals surface area contributed by atoms with Gasteiger partial charge < -0.3 is 9.64 Å². The van der Waals surface area contributed by atoms with E-state index in [-0.39, 0.29) is 17.2 Å². The number of carbonyl (C=O) groups is 1. The lowest BCUT2D eigenvalue weighted by atomic mass is 10.1. The largest absolute Gasteiger partial charge is 0.380 e. The molecule has 1 heterocycles. The second-order valence-corrected chi connectivity index (χ2v) is 5.05. The number of amides is 1. The highest BCUT2D eigenvalue weighted by Crippen LogP contribution is 2.30. The molecular formula is C13H15N3O6. The number of likely N-dealkylation sites (tertiary alicyclic amines) is 1. The molecule has 0 saturated carbocycles. The standard InChI is InChI=1S/C13H15N3O6/c1-8-11(15(18)19)5-9(6-12(8)16(20)21)13(17)14-4-3-10(7-14)22-2/h5-6,10H,3-4,7H2,1-2H3. The summed E-state index contributed by atoms with van der Waals surface area (Å²) in [5, 5.41) is 22.1. The SMILES string of the molecule is COC1CCN(C(=O)c2cc([N+](=O)[O-])c(C)c([N+](=O)[O-])c2)C1. The van der Waals surface area contributed by atoms with Crippen molar-refractivity contribution in [2.45, 2.75) is 19.4 Å². The van der Waals surface area contributed by atoms with Crippen LogP contribution in [0.4, 0.5) is 11.4 Å². The van der Waals surface area contributed by atoms with E-state index in [1.54, 1.807) is 7.11 Å². The first-order valence-corrected chi connectivity index (χ1v) is 6.60. The Morgan fingerprint density at radius 1 is 1.27 bits per heavy atom. The van der Waals surface area contributed by atoms with Crippen molar-refractivity contribution in [3.05, 3.63) is 43.5 Å². The molecule has 1 aromatic rings. The van der Waals surface area contributed by atoms with Crippen molar-refractivity contribution in [2.24, 2.45) is 0 Å². The summed E-state index contributed by atoms with van der Waals surface area (Å²) in [5.41, 5.74) is -0.983. The fourth-order valence-electron chi connectivity index (χ4n) is 2.47. The van der Waals surface area contributed by atoms with Crippen LogP contribution in [0.5, 0.6) is 0 Å². The number of hydrogen-bond acceptors (Lipinski definition) is 6. The normalized spacial score (nSPS) is 17.5. The van der Waals surface area contributed by atoms with Crippen LogP contribution in [-0.2, 0) is 4.74 Å². The van der Waals surface area contributed by atoms with Crippen molar-refractivity contribution in [3.8, 4) is 0 Å². The fourth-order valence-corrected chi connectivity index (χ4v) is 2.47. The number of nitro benzene ring substituents is 2. The van der Waals surface area contributed by atoms with E-state index < -0.39 is 27.1 Å². The first-order chi connectivity index (χ1) is 10.3. The Bertz CT molecular complexity index is 610. The minimum absolute atomic E-state index is 0.0549. The molecule has 9 nitrogen and oxygen atoms in total. The average Bonchev–Trinajstić information content (AvgIpc) is 2.95. The van der Waals surface area contributed by atoms with E-state index in [0.717, 1.165) is 12.1 Å². The Morgan fingerprint density at radius 2 is 1.82 bits per heavy atom. The van der Waals surface area contributed by atoms with Crippen LogP contribution >= 0.6 is 0 Å². The van der Waals surface area contributed by atoms with E-state index in [4.69, 9.17) is 4.74 Å². The summed E-state index contributed by atoms with van der Waals surface area (Å²) in [5.74, 6) is -0.467. The highest BCUT2D eigenvalue weighted by molar-refractivity contribution is 5.96. The van der Waals surface area contributed by atoms with Gasteiger partial charge in [-0.1, -0.05) is 0 Å². The minimum Gasteiger partial charge on any atom is -0.380 e. The molecule has 0 bridgehead atoms. The summed E-state index contributed by atoms with van der Waals surface area (Å²) in [7, 11) is 1.54. The van der Waals surface area contributed by atoms with E-state index in [1.807, 2.05) is 0 Å². The van der Waals surface area contributed by atoms with Gasteiger partial charge in [0.25, 0.3) is 17.3 Å². The molecule has 118 valence electrons. The van der Waals surface area contributed by atoms with Gasteiger partial charge in [-0.05, 0) is 13.3 Å². The minimum atomic E-state index is -0.721. The van der Waals surface area contributed by atoms with Gasteiger partial charge >= 0.3 is 0 Å². The molecule has 2 rings (SSSR count). The average molecular weight is 309 g/mol. The molecule has 1 aliphatic rings. The Morgan fingerprint density at radius 3 is 2.23 bits per heavy atom. The number of methoxy groups -OCH3 is 1. The molecule has 1 saturated heterocycles. The number of rotatable bonds is 4. The van der Waals surface area contributed by atoms with E-state index >= 15 is 0 Å². The van der Waals surface area contributed by atoms with Crippen molar-refractivity contribution >= 4 is 17.3 Å². The fraction of sp³-hybridized carbons (Fsp3) is 0.462. The molecule has 1 aliphatic heterocycles. The van der Waals surface area contributed by atoms with Crippen molar-refractivity contribution in [1.82, 2.24) is 4.90 Å². The second-order valence-electron chi connectivity index (χ2n) is 5.05. The monoisotopic (exact) mass is 309 g/mol. The van der Waals surface area contributed by atoms with Gasteiger partial charge in [0.05, 0.1) is 21.5 Å². The van der Waals surface area contributed by atoms with Crippen LogP contribution in [0.3, 0.4) is 0 Å². The Hall–Kier alpha value is -2.55. The zero-order valence-corrected chi connectivity index (χ0v) is 12.1. The van der Waals surface area contributed by atoms with Crippen LogP contribution in [0.15, 0.2) is 12.1 Å². The predicted molar refractivity (Wildman–Crippen MR) is 75.8 cm³/mol. The van der Waals surface area contributed by atoms with Gasteiger partial charge in [0.1, 0.15) is 5.56 Å². The molecule has 22 heavy (non-hydrogen) atoms. The number of hydrogen-bond donors (Lipinski definition) is 0. The molecule has 0 spiro atoms. The molecule has 1 atom stereocenters. The maximum absolute atomic E-state index is 12.4. The Labute approximate surface area is 125 Å². The highest BCUT2D eigenvalue weighted by atomic mass is 16.6. The molecule has 0 N–H and O–H groups in total. The lowest BCUT2D eigenvalue weighted by Crippen LogP contribution is -2.30. The number of ether oxygens (including phenoxy) is 1.